The van der Waals surface area contributed by atoms with Crippen molar-refractivity contribution in [2.45, 2.75) is 45.1 Å². The lowest BCUT2D eigenvalue weighted by Crippen LogP contribution is -2.34. The highest BCUT2D eigenvalue weighted by atomic mass is 15.2. The molecule has 0 radical (unpaired) electrons. The summed E-state index contributed by atoms with van der Waals surface area (Å²) in [5.74, 6) is 1.29. The maximum atomic E-state index is 4.33. The topological polar surface area (TPSA) is 15.6 Å². The summed E-state index contributed by atoms with van der Waals surface area (Å²) in [6, 6.07) is 0.728. The molecule has 0 aromatic rings. The summed E-state index contributed by atoms with van der Waals surface area (Å²) in [6.45, 7) is 2.26. The molecule has 2 heteroatoms. The molecule has 0 aliphatic carbocycles. The molecule has 0 amide bonds. The van der Waals surface area contributed by atoms with Crippen LogP contribution >= 0.6 is 0 Å². The Bertz CT molecular complexity index is 163. The molecule has 1 unspecified atom stereocenters. The molecule has 1 atom stereocenters. The van der Waals surface area contributed by atoms with Gasteiger partial charge in [-0.1, -0.05) is 13.3 Å². The molecule has 1 aliphatic heterocycles. The SMILES string of the molecule is CCC1CCCCC(=NC)N1C. The van der Waals surface area contributed by atoms with Gasteiger partial charge in [0.25, 0.3) is 0 Å². The Balaban J connectivity index is 2.66. The highest BCUT2D eigenvalue weighted by Gasteiger charge is 2.18. The Labute approximate surface area is 75.7 Å². The summed E-state index contributed by atoms with van der Waals surface area (Å²) in [7, 11) is 4.09. The zero-order valence-corrected chi connectivity index (χ0v) is 8.51. The highest BCUT2D eigenvalue weighted by molar-refractivity contribution is 5.82. The van der Waals surface area contributed by atoms with Gasteiger partial charge >= 0.3 is 0 Å². The lowest BCUT2D eigenvalue weighted by Gasteiger charge is -2.27. The van der Waals surface area contributed by atoms with Gasteiger partial charge in [0.15, 0.2) is 0 Å². The molecule has 2 nitrogen and oxygen atoms in total. The van der Waals surface area contributed by atoms with Crippen molar-refractivity contribution < 1.29 is 0 Å². The average Bonchev–Trinajstić information content (AvgIpc) is 2.27. The number of hydrogen-bond acceptors (Lipinski definition) is 1. The Morgan fingerprint density at radius 3 is 2.83 bits per heavy atom. The van der Waals surface area contributed by atoms with Crippen LogP contribution in [0, 0.1) is 0 Å². The third kappa shape index (κ3) is 1.99. The van der Waals surface area contributed by atoms with Gasteiger partial charge < -0.3 is 4.90 Å². The van der Waals surface area contributed by atoms with Gasteiger partial charge in [-0.15, -0.1) is 0 Å². The van der Waals surface area contributed by atoms with E-state index in [0.717, 1.165) is 6.04 Å². The summed E-state index contributed by atoms with van der Waals surface area (Å²) in [5.41, 5.74) is 0. The number of likely N-dealkylation sites (tertiary alicyclic amines) is 1. The molecular formula is C10H20N2. The van der Waals surface area contributed by atoms with Crippen LogP contribution in [-0.4, -0.2) is 30.9 Å². The highest BCUT2D eigenvalue weighted by Crippen LogP contribution is 2.18. The first kappa shape index (κ1) is 9.56. The van der Waals surface area contributed by atoms with E-state index in [9.17, 15) is 0 Å². The van der Waals surface area contributed by atoms with Crippen molar-refractivity contribution in [2.24, 2.45) is 4.99 Å². The third-order valence-corrected chi connectivity index (χ3v) is 2.87. The van der Waals surface area contributed by atoms with Crippen LogP contribution in [0.3, 0.4) is 0 Å². The third-order valence-electron chi connectivity index (χ3n) is 2.87. The molecule has 1 aliphatic rings. The smallest absolute Gasteiger partial charge is 0.0985 e. The minimum absolute atomic E-state index is 0.728. The number of hydrogen-bond donors (Lipinski definition) is 0. The lowest BCUT2D eigenvalue weighted by atomic mass is 10.1. The average molecular weight is 168 g/mol. The van der Waals surface area contributed by atoms with Crippen LogP contribution in [0.25, 0.3) is 0 Å². The van der Waals surface area contributed by atoms with Crippen LogP contribution in [-0.2, 0) is 0 Å². The van der Waals surface area contributed by atoms with Crippen molar-refractivity contribution in [1.82, 2.24) is 4.90 Å². The normalized spacial score (nSPS) is 29.1. The Hall–Kier alpha value is -0.530. The van der Waals surface area contributed by atoms with Crippen LogP contribution in [0.5, 0.6) is 0 Å². The lowest BCUT2D eigenvalue weighted by molar-refractivity contribution is 0.339. The molecule has 1 rings (SSSR count). The minimum atomic E-state index is 0.728. The molecule has 0 aromatic heterocycles. The zero-order chi connectivity index (χ0) is 8.97. The van der Waals surface area contributed by atoms with Gasteiger partial charge in [-0.3, -0.25) is 4.99 Å². The zero-order valence-electron chi connectivity index (χ0n) is 8.51. The van der Waals surface area contributed by atoms with E-state index in [2.05, 4.69) is 23.9 Å². The Kier molecular flexibility index (Phi) is 3.57. The fourth-order valence-corrected chi connectivity index (χ4v) is 1.99. The van der Waals surface area contributed by atoms with Crippen molar-refractivity contribution in [3.63, 3.8) is 0 Å². The number of nitrogens with zero attached hydrogens (tertiary/aromatic N) is 2. The van der Waals surface area contributed by atoms with E-state index < -0.39 is 0 Å². The number of aliphatic imine (C=N–C) groups is 1. The fourth-order valence-electron chi connectivity index (χ4n) is 1.99. The Morgan fingerprint density at radius 1 is 1.50 bits per heavy atom. The number of rotatable bonds is 1. The standard InChI is InChI=1S/C10H20N2/c1-4-9-7-5-6-8-10(11-2)12(9)3/h9H,4-8H2,1-3H3. The summed E-state index contributed by atoms with van der Waals surface area (Å²) >= 11 is 0. The van der Waals surface area contributed by atoms with E-state index in [1.807, 2.05) is 7.05 Å². The molecular weight excluding hydrogens is 148 g/mol. The fraction of sp³-hybridized carbons (Fsp3) is 0.900. The van der Waals surface area contributed by atoms with Gasteiger partial charge in [-0.25, -0.2) is 0 Å². The van der Waals surface area contributed by atoms with Gasteiger partial charge in [-0.2, -0.15) is 0 Å². The molecule has 12 heavy (non-hydrogen) atoms. The molecule has 0 spiro atoms. The van der Waals surface area contributed by atoms with E-state index >= 15 is 0 Å². The van der Waals surface area contributed by atoms with Crippen molar-refractivity contribution in [2.75, 3.05) is 14.1 Å². The summed E-state index contributed by atoms with van der Waals surface area (Å²) in [6.07, 6.45) is 6.43. The van der Waals surface area contributed by atoms with E-state index in [1.54, 1.807) is 0 Å². The van der Waals surface area contributed by atoms with Crippen LogP contribution in [0.15, 0.2) is 4.99 Å². The van der Waals surface area contributed by atoms with Crippen LogP contribution in [0.4, 0.5) is 0 Å². The van der Waals surface area contributed by atoms with Crippen LogP contribution < -0.4 is 0 Å². The van der Waals surface area contributed by atoms with Crippen LogP contribution in [0.2, 0.25) is 0 Å². The van der Waals surface area contributed by atoms with Crippen LogP contribution in [0.1, 0.15) is 39.0 Å². The quantitative estimate of drug-likeness (QED) is 0.586. The molecule has 1 saturated heterocycles. The summed E-state index contributed by atoms with van der Waals surface area (Å²) in [5, 5.41) is 0. The summed E-state index contributed by atoms with van der Waals surface area (Å²) < 4.78 is 0. The van der Waals surface area contributed by atoms with Gasteiger partial charge in [0.2, 0.25) is 0 Å². The molecule has 70 valence electrons. The molecule has 0 saturated carbocycles. The predicted octanol–water partition coefficient (Wildman–Crippen LogP) is 2.30. The van der Waals surface area contributed by atoms with Gasteiger partial charge in [-0.05, 0) is 19.3 Å². The van der Waals surface area contributed by atoms with Gasteiger partial charge in [0.05, 0.1) is 5.84 Å². The first-order valence-corrected chi connectivity index (χ1v) is 4.98. The second kappa shape index (κ2) is 4.48. The molecule has 1 heterocycles. The van der Waals surface area contributed by atoms with Crippen molar-refractivity contribution in [3.05, 3.63) is 0 Å². The maximum absolute atomic E-state index is 4.33. The summed E-state index contributed by atoms with van der Waals surface area (Å²) in [4.78, 5) is 6.70. The predicted molar refractivity (Wildman–Crippen MR) is 53.7 cm³/mol. The van der Waals surface area contributed by atoms with Crippen molar-refractivity contribution in [1.29, 1.82) is 0 Å². The van der Waals surface area contributed by atoms with E-state index in [1.165, 1.54) is 37.9 Å². The Morgan fingerprint density at radius 2 is 2.25 bits per heavy atom. The molecule has 0 N–H and O–H groups in total. The van der Waals surface area contributed by atoms with E-state index in [-0.39, 0.29) is 0 Å². The molecule has 1 fully saturated rings. The minimum Gasteiger partial charge on any atom is -0.360 e. The van der Waals surface area contributed by atoms with Gasteiger partial charge in [0, 0.05) is 26.6 Å². The van der Waals surface area contributed by atoms with E-state index in [0.29, 0.717) is 0 Å². The van der Waals surface area contributed by atoms with Gasteiger partial charge in [0.1, 0.15) is 0 Å². The second-order valence-electron chi connectivity index (χ2n) is 3.56. The number of amidine groups is 1. The second-order valence-corrected chi connectivity index (χ2v) is 3.56. The molecule has 0 bridgehead atoms. The maximum Gasteiger partial charge on any atom is 0.0985 e. The first-order valence-electron chi connectivity index (χ1n) is 4.98. The monoisotopic (exact) mass is 168 g/mol. The van der Waals surface area contributed by atoms with Crippen molar-refractivity contribution >= 4 is 5.84 Å². The van der Waals surface area contributed by atoms with Crippen molar-refractivity contribution in [3.8, 4) is 0 Å². The largest absolute Gasteiger partial charge is 0.360 e. The molecule has 0 aromatic carbocycles. The first-order chi connectivity index (χ1) is 5.79. The van der Waals surface area contributed by atoms with E-state index in [4.69, 9.17) is 0 Å².